The van der Waals surface area contributed by atoms with Gasteiger partial charge in [-0.25, -0.2) is 0 Å². The van der Waals surface area contributed by atoms with Gasteiger partial charge in [0.15, 0.2) is 5.78 Å². The summed E-state index contributed by atoms with van der Waals surface area (Å²) in [7, 11) is 1.62. The number of carbonyl (C=O) groups excluding carboxylic acids is 2. The fraction of sp³-hybridized carbons (Fsp3) is 0.263. The first-order chi connectivity index (χ1) is 11.1. The number of rotatable bonds is 7. The Morgan fingerprint density at radius 3 is 2.26 bits per heavy atom. The molecule has 0 aliphatic rings. The van der Waals surface area contributed by atoms with Crippen molar-refractivity contribution >= 4 is 11.7 Å². The number of Topliss-reactive ketones (excluding diaryl/α,β-unsaturated/α-hetero) is 1. The predicted molar refractivity (Wildman–Crippen MR) is 89.6 cm³/mol. The molecule has 23 heavy (non-hydrogen) atoms. The highest BCUT2D eigenvalue weighted by molar-refractivity contribution is 5.97. The fourth-order valence-electron chi connectivity index (χ4n) is 2.29. The molecule has 120 valence electrons. The lowest BCUT2D eigenvalue weighted by Gasteiger charge is -2.14. The number of benzene rings is 2. The number of ketones is 1. The zero-order valence-electron chi connectivity index (χ0n) is 13.4. The molecular weight excluding hydrogens is 290 g/mol. The molecule has 0 saturated heterocycles. The minimum absolute atomic E-state index is 0.0159. The van der Waals surface area contributed by atoms with Gasteiger partial charge in [-0.2, -0.15) is 0 Å². The van der Waals surface area contributed by atoms with Gasteiger partial charge in [-0.15, -0.1) is 0 Å². The van der Waals surface area contributed by atoms with Crippen LogP contribution in [0.15, 0.2) is 54.6 Å². The maximum absolute atomic E-state index is 12.0. The Balaban J connectivity index is 1.83. The molecule has 2 rings (SSSR count). The maximum atomic E-state index is 12.0. The Morgan fingerprint density at radius 1 is 1.00 bits per heavy atom. The summed E-state index contributed by atoms with van der Waals surface area (Å²) in [4.78, 5) is 24.0. The molecule has 2 aromatic carbocycles. The molecule has 4 heteroatoms. The van der Waals surface area contributed by atoms with Crippen molar-refractivity contribution in [3.05, 3.63) is 65.7 Å². The van der Waals surface area contributed by atoms with Crippen LogP contribution in [-0.4, -0.2) is 18.8 Å². The first kappa shape index (κ1) is 16.7. The summed E-state index contributed by atoms with van der Waals surface area (Å²) in [5.41, 5.74) is 1.64. The van der Waals surface area contributed by atoms with Crippen LogP contribution in [0.25, 0.3) is 0 Å². The van der Waals surface area contributed by atoms with Crippen LogP contribution in [0.5, 0.6) is 5.75 Å². The van der Waals surface area contributed by atoms with Gasteiger partial charge < -0.3 is 10.1 Å². The number of methoxy groups -OCH3 is 1. The number of hydrogen-bond acceptors (Lipinski definition) is 3. The molecule has 0 radical (unpaired) electrons. The topological polar surface area (TPSA) is 55.4 Å². The zero-order chi connectivity index (χ0) is 16.7. The van der Waals surface area contributed by atoms with Gasteiger partial charge in [-0.05, 0) is 24.6 Å². The standard InChI is InChI=1S/C19H21NO3/c1-14(15-8-10-17(23-2)11-9-15)20-19(22)13-12-18(21)16-6-4-3-5-7-16/h3-11,14H,12-13H2,1-2H3,(H,20,22). The molecule has 1 atom stereocenters. The quantitative estimate of drug-likeness (QED) is 0.796. The Hall–Kier alpha value is -2.62. The van der Waals surface area contributed by atoms with E-state index in [1.54, 1.807) is 19.2 Å². The molecule has 1 unspecified atom stereocenters. The smallest absolute Gasteiger partial charge is 0.220 e. The Morgan fingerprint density at radius 2 is 1.65 bits per heavy atom. The summed E-state index contributed by atoms with van der Waals surface area (Å²) >= 11 is 0. The first-order valence-electron chi connectivity index (χ1n) is 7.61. The highest BCUT2D eigenvalue weighted by Gasteiger charge is 2.12. The third-order valence-corrected chi connectivity index (χ3v) is 3.67. The highest BCUT2D eigenvalue weighted by atomic mass is 16.5. The number of hydrogen-bond donors (Lipinski definition) is 1. The summed E-state index contributed by atoms with van der Waals surface area (Å²) in [6, 6.07) is 16.5. The average Bonchev–Trinajstić information content (AvgIpc) is 2.60. The number of nitrogens with one attached hydrogen (secondary N) is 1. The molecule has 0 bridgehead atoms. The van der Waals surface area contributed by atoms with Crippen molar-refractivity contribution < 1.29 is 14.3 Å². The van der Waals surface area contributed by atoms with Gasteiger partial charge in [0.05, 0.1) is 13.2 Å². The second kappa shape index (κ2) is 8.13. The van der Waals surface area contributed by atoms with Crippen molar-refractivity contribution in [2.24, 2.45) is 0 Å². The van der Waals surface area contributed by atoms with Gasteiger partial charge in [0.25, 0.3) is 0 Å². The molecule has 2 aromatic rings. The predicted octanol–water partition coefficient (Wildman–Crippen LogP) is 3.54. The van der Waals surface area contributed by atoms with Crippen molar-refractivity contribution in [3.8, 4) is 5.75 Å². The van der Waals surface area contributed by atoms with Crippen molar-refractivity contribution in [1.82, 2.24) is 5.32 Å². The van der Waals surface area contributed by atoms with E-state index >= 15 is 0 Å². The van der Waals surface area contributed by atoms with E-state index in [0.717, 1.165) is 11.3 Å². The van der Waals surface area contributed by atoms with Crippen LogP contribution in [0.3, 0.4) is 0 Å². The first-order valence-corrected chi connectivity index (χ1v) is 7.61. The van der Waals surface area contributed by atoms with E-state index in [2.05, 4.69) is 5.32 Å². The van der Waals surface area contributed by atoms with Gasteiger partial charge in [0.1, 0.15) is 5.75 Å². The normalized spacial score (nSPS) is 11.6. The van der Waals surface area contributed by atoms with E-state index in [1.807, 2.05) is 49.4 Å². The van der Waals surface area contributed by atoms with E-state index in [-0.39, 0.29) is 30.6 Å². The minimum Gasteiger partial charge on any atom is -0.497 e. The minimum atomic E-state index is -0.127. The van der Waals surface area contributed by atoms with Gasteiger partial charge in [0.2, 0.25) is 5.91 Å². The van der Waals surface area contributed by atoms with Crippen LogP contribution in [0, 0.1) is 0 Å². The van der Waals surface area contributed by atoms with Crippen molar-refractivity contribution in [3.63, 3.8) is 0 Å². The third-order valence-electron chi connectivity index (χ3n) is 3.67. The third kappa shape index (κ3) is 4.95. The fourth-order valence-corrected chi connectivity index (χ4v) is 2.29. The van der Waals surface area contributed by atoms with Crippen LogP contribution < -0.4 is 10.1 Å². The number of amides is 1. The highest BCUT2D eigenvalue weighted by Crippen LogP contribution is 2.17. The summed E-state index contributed by atoms with van der Waals surface area (Å²) in [6.45, 7) is 1.92. The molecule has 0 saturated carbocycles. The molecule has 0 aliphatic carbocycles. The van der Waals surface area contributed by atoms with E-state index in [9.17, 15) is 9.59 Å². The lowest BCUT2D eigenvalue weighted by Crippen LogP contribution is -2.26. The molecule has 0 heterocycles. The summed E-state index contributed by atoms with van der Waals surface area (Å²) in [6.07, 6.45) is 0.402. The van der Waals surface area contributed by atoms with Crippen molar-refractivity contribution in [1.29, 1.82) is 0 Å². The lowest BCUT2D eigenvalue weighted by molar-refractivity contribution is -0.121. The van der Waals surface area contributed by atoms with E-state index < -0.39 is 0 Å². The Kier molecular flexibility index (Phi) is 5.92. The second-order valence-electron chi connectivity index (χ2n) is 5.35. The molecule has 1 N–H and O–H groups in total. The molecule has 4 nitrogen and oxygen atoms in total. The molecule has 0 aromatic heterocycles. The van der Waals surface area contributed by atoms with Crippen LogP contribution in [0.4, 0.5) is 0 Å². The summed E-state index contributed by atoms with van der Waals surface area (Å²) in [5, 5.41) is 2.91. The molecule has 1 amide bonds. The second-order valence-corrected chi connectivity index (χ2v) is 5.35. The van der Waals surface area contributed by atoms with Crippen molar-refractivity contribution in [2.75, 3.05) is 7.11 Å². The Bertz CT molecular complexity index is 650. The van der Waals surface area contributed by atoms with Crippen LogP contribution in [-0.2, 0) is 4.79 Å². The Labute approximate surface area is 136 Å². The van der Waals surface area contributed by atoms with Gasteiger partial charge in [-0.3, -0.25) is 9.59 Å². The van der Waals surface area contributed by atoms with E-state index in [1.165, 1.54) is 0 Å². The molecule has 0 aliphatic heterocycles. The summed E-state index contributed by atoms with van der Waals surface area (Å²) in [5.74, 6) is 0.635. The average molecular weight is 311 g/mol. The molecule has 0 spiro atoms. The maximum Gasteiger partial charge on any atom is 0.220 e. The van der Waals surface area contributed by atoms with E-state index in [0.29, 0.717) is 5.56 Å². The zero-order valence-corrected chi connectivity index (χ0v) is 13.4. The number of ether oxygens (including phenoxy) is 1. The SMILES string of the molecule is COc1ccc(C(C)NC(=O)CCC(=O)c2ccccc2)cc1. The number of carbonyl (C=O) groups is 2. The van der Waals surface area contributed by atoms with Crippen molar-refractivity contribution in [2.45, 2.75) is 25.8 Å². The summed E-state index contributed by atoms with van der Waals surface area (Å²) < 4.78 is 5.11. The van der Waals surface area contributed by atoms with E-state index in [4.69, 9.17) is 4.74 Å². The lowest BCUT2D eigenvalue weighted by atomic mass is 10.1. The van der Waals surface area contributed by atoms with Crippen LogP contribution >= 0.6 is 0 Å². The molecule has 0 fully saturated rings. The van der Waals surface area contributed by atoms with Gasteiger partial charge >= 0.3 is 0 Å². The largest absolute Gasteiger partial charge is 0.497 e. The van der Waals surface area contributed by atoms with Crippen LogP contribution in [0.1, 0.15) is 41.7 Å². The monoisotopic (exact) mass is 311 g/mol. The molecular formula is C19H21NO3. The van der Waals surface area contributed by atoms with Gasteiger partial charge in [0, 0.05) is 18.4 Å². The van der Waals surface area contributed by atoms with Crippen LogP contribution in [0.2, 0.25) is 0 Å². The van der Waals surface area contributed by atoms with Gasteiger partial charge in [-0.1, -0.05) is 42.5 Å².